The predicted molar refractivity (Wildman–Crippen MR) is 64.1 cm³/mol. The molecule has 0 aliphatic rings. The molecule has 2 rings (SSSR count). The molecule has 0 aliphatic heterocycles. The first-order valence-corrected chi connectivity index (χ1v) is 5.79. The summed E-state index contributed by atoms with van der Waals surface area (Å²) in [4.78, 5) is 5.65. The van der Waals surface area contributed by atoms with Gasteiger partial charge < -0.3 is 5.73 Å². The molecule has 15 heavy (non-hydrogen) atoms. The second-order valence-electron chi connectivity index (χ2n) is 3.65. The van der Waals surface area contributed by atoms with Crippen LogP contribution in [0.15, 0.2) is 29.6 Å². The Morgan fingerprint density at radius 1 is 1.27 bits per heavy atom. The Hall–Kier alpha value is -1.19. The molecule has 0 spiro atoms. The summed E-state index contributed by atoms with van der Waals surface area (Å²) in [5, 5.41) is 2.07. The van der Waals surface area contributed by atoms with E-state index in [1.165, 1.54) is 10.4 Å². The SMILES string of the molecule is Cc1cccc(C(N)c2sccc2C)n1. The smallest absolute Gasteiger partial charge is 0.0822 e. The van der Waals surface area contributed by atoms with E-state index in [2.05, 4.69) is 23.4 Å². The molecule has 0 aliphatic carbocycles. The van der Waals surface area contributed by atoms with Crippen molar-refractivity contribution in [3.8, 4) is 0 Å². The number of thiophene rings is 1. The third-order valence-electron chi connectivity index (χ3n) is 2.41. The zero-order valence-corrected chi connectivity index (χ0v) is 9.71. The molecular formula is C12H14N2S. The minimum absolute atomic E-state index is 0.0927. The van der Waals surface area contributed by atoms with E-state index in [1.807, 2.05) is 25.1 Å². The number of aromatic nitrogens is 1. The maximum Gasteiger partial charge on any atom is 0.0822 e. The molecule has 0 saturated carbocycles. The fourth-order valence-electron chi connectivity index (χ4n) is 1.57. The van der Waals surface area contributed by atoms with Gasteiger partial charge in [-0.25, -0.2) is 0 Å². The zero-order valence-electron chi connectivity index (χ0n) is 8.90. The lowest BCUT2D eigenvalue weighted by molar-refractivity contribution is 0.832. The van der Waals surface area contributed by atoms with E-state index in [0.717, 1.165) is 11.4 Å². The molecule has 2 aromatic heterocycles. The van der Waals surface area contributed by atoms with E-state index in [1.54, 1.807) is 11.3 Å². The molecule has 2 N–H and O–H groups in total. The third-order valence-corrected chi connectivity index (χ3v) is 3.51. The Labute approximate surface area is 93.8 Å². The van der Waals surface area contributed by atoms with Crippen LogP contribution in [0.5, 0.6) is 0 Å². The van der Waals surface area contributed by atoms with Crippen molar-refractivity contribution in [2.24, 2.45) is 5.73 Å². The summed E-state index contributed by atoms with van der Waals surface area (Å²) in [6.45, 7) is 4.07. The van der Waals surface area contributed by atoms with E-state index < -0.39 is 0 Å². The van der Waals surface area contributed by atoms with Gasteiger partial charge in [0, 0.05) is 10.6 Å². The second kappa shape index (κ2) is 4.13. The van der Waals surface area contributed by atoms with Crippen LogP contribution in [-0.4, -0.2) is 4.98 Å². The fourth-order valence-corrected chi connectivity index (χ4v) is 2.51. The van der Waals surface area contributed by atoms with Crippen LogP contribution in [-0.2, 0) is 0 Å². The van der Waals surface area contributed by atoms with Crippen LogP contribution in [0.25, 0.3) is 0 Å². The molecule has 0 aromatic carbocycles. The van der Waals surface area contributed by atoms with Crippen LogP contribution in [0.4, 0.5) is 0 Å². The average Bonchev–Trinajstić information content (AvgIpc) is 2.63. The van der Waals surface area contributed by atoms with Crippen molar-refractivity contribution in [1.82, 2.24) is 4.98 Å². The van der Waals surface area contributed by atoms with Gasteiger partial charge in [-0.2, -0.15) is 0 Å². The van der Waals surface area contributed by atoms with Crippen LogP contribution < -0.4 is 5.73 Å². The lowest BCUT2D eigenvalue weighted by Gasteiger charge is -2.10. The summed E-state index contributed by atoms with van der Waals surface area (Å²) in [6, 6.07) is 7.97. The first-order chi connectivity index (χ1) is 7.18. The highest BCUT2D eigenvalue weighted by Gasteiger charge is 2.13. The van der Waals surface area contributed by atoms with Crippen LogP contribution in [0, 0.1) is 13.8 Å². The van der Waals surface area contributed by atoms with E-state index in [4.69, 9.17) is 5.73 Å². The molecule has 3 heteroatoms. The Bertz CT molecular complexity index is 462. The molecule has 0 saturated heterocycles. The highest BCUT2D eigenvalue weighted by atomic mass is 32.1. The fraction of sp³-hybridized carbons (Fsp3) is 0.250. The number of nitrogens with two attached hydrogens (primary N) is 1. The number of nitrogens with zero attached hydrogens (tertiary/aromatic N) is 1. The summed E-state index contributed by atoms with van der Waals surface area (Å²) in [5.74, 6) is 0. The average molecular weight is 218 g/mol. The van der Waals surface area contributed by atoms with Gasteiger partial charge in [0.05, 0.1) is 11.7 Å². The minimum atomic E-state index is -0.0927. The van der Waals surface area contributed by atoms with E-state index in [9.17, 15) is 0 Å². The van der Waals surface area contributed by atoms with Gasteiger partial charge in [-0.05, 0) is 43.0 Å². The van der Waals surface area contributed by atoms with Crippen LogP contribution in [0.2, 0.25) is 0 Å². The van der Waals surface area contributed by atoms with E-state index in [0.29, 0.717) is 0 Å². The first kappa shape index (κ1) is 10.3. The van der Waals surface area contributed by atoms with Crippen molar-refractivity contribution in [3.63, 3.8) is 0 Å². The number of hydrogen-bond donors (Lipinski definition) is 1. The van der Waals surface area contributed by atoms with Gasteiger partial charge in [0.2, 0.25) is 0 Å². The highest BCUT2D eigenvalue weighted by Crippen LogP contribution is 2.26. The molecule has 78 valence electrons. The van der Waals surface area contributed by atoms with Gasteiger partial charge in [-0.1, -0.05) is 6.07 Å². The molecular weight excluding hydrogens is 204 g/mol. The van der Waals surface area contributed by atoms with Crippen molar-refractivity contribution in [1.29, 1.82) is 0 Å². The highest BCUT2D eigenvalue weighted by molar-refractivity contribution is 7.10. The van der Waals surface area contributed by atoms with E-state index >= 15 is 0 Å². The van der Waals surface area contributed by atoms with Crippen LogP contribution >= 0.6 is 11.3 Å². The Kier molecular flexibility index (Phi) is 2.84. The van der Waals surface area contributed by atoms with Crippen molar-refractivity contribution < 1.29 is 0 Å². The molecule has 0 fully saturated rings. The van der Waals surface area contributed by atoms with Gasteiger partial charge in [0.1, 0.15) is 0 Å². The maximum atomic E-state index is 6.18. The zero-order chi connectivity index (χ0) is 10.8. The van der Waals surface area contributed by atoms with Gasteiger partial charge in [0.15, 0.2) is 0 Å². The minimum Gasteiger partial charge on any atom is -0.318 e. The van der Waals surface area contributed by atoms with Gasteiger partial charge in [0.25, 0.3) is 0 Å². The second-order valence-corrected chi connectivity index (χ2v) is 4.60. The Balaban J connectivity index is 2.36. The van der Waals surface area contributed by atoms with Crippen LogP contribution in [0.1, 0.15) is 27.9 Å². The van der Waals surface area contributed by atoms with Gasteiger partial charge in [-0.3, -0.25) is 4.98 Å². The summed E-state index contributed by atoms with van der Waals surface area (Å²) >= 11 is 1.69. The van der Waals surface area contributed by atoms with E-state index in [-0.39, 0.29) is 6.04 Å². The maximum absolute atomic E-state index is 6.18. The topological polar surface area (TPSA) is 38.9 Å². The molecule has 0 radical (unpaired) electrons. The van der Waals surface area contributed by atoms with Crippen molar-refractivity contribution in [3.05, 3.63) is 51.5 Å². The monoisotopic (exact) mass is 218 g/mol. The lowest BCUT2D eigenvalue weighted by Crippen LogP contribution is -2.13. The molecule has 1 unspecified atom stereocenters. The van der Waals surface area contributed by atoms with Gasteiger partial charge in [-0.15, -0.1) is 11.3 Å². The molecule has 2 heterocycles. The summed E-state index contributed by atoms with van der Waals surface area (Å²) in [6.07, 6.45) is 0. The third kappa shape index (κ3) is 2.08. The number of pyridine rings is 1. The molecule has 0 amide bonds. The Morgan fingerprint density at radius 3 is 2.67 bits per heavy atom. The number of aryl methyl sites for hydroxylation is 2. The molecule has 2 aromatic rings. The van der Waals surface area contributed by atoms with Gasteiger partial charge >= 0.3 is 0 Å². The largest absolute Gasteiger partial charge is 0.318 e. The lowest BCUT2D eigenvalue weighted by atomic mass is 10.1. The predicted octanol–water partition coefficient (Wildman–Crippen LogP) is 2.81. The molecule has 1 atom stereocenters. The van der Waals surface area contributed by atoms with Crippen LogP contribution in [0.3, 0.4) is 0 Å². The van der Waals surface area contributed by atoms with Crippen molar-refractivity contribution in [2.75, 3.05) is 0 Å². The quantitative estimate of drug-likeness (QED) is 0.841. The molecule has 0 bridgehead atoms. The standard InChI is InChI=1S/C12H14N2S/c1-8-6-7-15-12(8)11(13)10-5-3-4-9(2)14-10/h3-7,11H,13H2,1-2H3. The molecule has 2 nitrogen and oxygen atoms in total. The Morgan fingerprint density at radius 2 is 2.07 bits per heavy atom. The summed E-state index contributed by atoms with van der Waals surface area (Å²) in [7, 11) is 0. The number of hydrogen-bond acceptors (Lipinski definition) is 3. The number of rotatable bonds is 2. The normalized spacial score (nSPS) is 12.7. The van der Waals surface area contributed by atoms with Crippen molar-refractivity contribution >= 4 is 11.3 Å². The summed E-state index contributed by atoms with van der Waals surface area (Å²) < 4.78 is 0. The summed E-state index contributed by atoms with van der Waals surface area (Å²) in [5.41, 5.74) is 9.38. The first-order valence-electron chi connectivity index (χ1n) is 4.91. The van der Waals surface area contributed by atoms with Crippen molar-refractivity contribution in [2.45, 2.75) is 19.9 Å².